The van der Waals surface area contributed by atoms with E-state index in [1.165, 1.54) is 28.0 Å². The maximum atomic E-state index is 12.5. The van der Waals surface area contributed by atoms with Crippen LogP contribution in [0.4, 0.5) is 13.9 Å². The molecule has 0 aliphatic carbocycles. The molecule has 0 fully saturated rings. The lowest BCUT2D eigenvalue weighted by Gasteiger charge is -2.05. The molecule has 154 valence electrons. The average molecular weight is 430 g/mol. The zero-order chi connectivity index (χ0) is 21.3. The Kier molecular flexibility index (Phi) is 5.32. The minimum Gasteiger partial charge on any atom is -0.435 e. The SMILES string of the molecule is Cc1sc(NC(=O)Cn2c(=O)[nH]c3ccccc32)nc1-c1ccc(OC(F)F)cc1. The number of amides is 1. The van der Waals surface area contributed by atoms with Gasteiger partial charge in [0.05, 0.1) is 16.7 Å². The van der Waals surface area contributed by atoms with Gasteiger partial charge in [-0.25, -0.2) is 9.78 Å². The Bertz CT molecular complexity index is 1260. The zero-order valence-corrected chi connectivity index (χ0v) is 16.5. The molecule has 0 atom stereocenters. The van der Waals surface area contributed by atoms with Crippen LogP contribution in [0.1, 0.15) is 4.88 Å². The van der Waals surface area contributed by atoms with Crippen molar-refractivity contribution < 1.29 is 18.3 Å². The van der Waals surface area contributed by atoms with Crippen LogP contribution in [-0.2, 0) is 11.3 Å². The fourth-order valence-electron chi connectivity index (χ4n) is 3.08. The van der Waals surface area contributed by atoms with Gasteiger partial charge >= 0.3 is 12.3 Å². The van der Waals surface area contributed by atoms with Gasteiger partial charge in [0.2, 0.25) is 5.91 Å². The molecule has 2 aromatic heterocycles. The van der Waals surface area contributed by atoms with E-state index in [9.17, 15) is 18.4 Å². The summed E-state index contributed by atoms with van der Waals surface area (Å²) in [4.78, 5) is 32.6. The molecule has 0 radical (unpaired) electrons. The number of nitrogens with zero attached hydrogens (tertiary/aromatic N) is 2. The van der Waals surface area contributed by atoms with E-state index in [0.29, 0.717) is 27.4 Å². The predicted molar refractivity (Wildman–Crippen MR) is 110 cm³/mol. The number of halogens is 2. The second-order valence-corrected chi connectivity index (χ2v) is 7.61. The summed E-state index contributed by atoms with van der Waals surface area (Å²) in [5.74, 6) is -0.331. The quantitative estimate of drug-likeness (QED) is 0.484. The number of hydrogen-bond donors (Lipinski definition) is 2. The highest BCUT2D eigenvalue weighted by atomic mass is 32.1. The van der Waals surface area contributed by atoms with E-state index in [4.69, 9.17) is 0 Å². The Labute approximate surface area is 173 Å². The number of aromatic amines is 1. The fraction of sp³-hybridized carbons (Fsp3) is 0.150. The summed E-state index contributed by atoms with van der Waals surface area (Å²) in [5.41, 5.74) is 2.26. The minimum atomic E-state index is -2.89. The summed E-state index contributed by atoms with van der Waals surface area (Å²) in [7, 11) is 0. The van der Waals surface area contributed by atoms with Crippen LogP contribution in [0.3, 0.4) is 0 Å². The highest BCUT2D eigenvalue weighted by Crippen LogP contribution is 2.31. The number of H-pyrrole nitrogens is 1. The van der Waals surface area contributed by atoms with Crippen LogP contribution in [0.5, 0.6) is 5.75 Å². The van der Waals surface area contributed by atoms with E-state index in [1.54, 1.807) is 36.4 Å². The number of anilines is 1. The van der Waals surface area contributed by atoms with Crippen molar-refractivity contribution in [3.8, 4) is 17.0 Å². The molecule has 1 amide bonds. The van der Waals surface area contributed by atoms with Crippen molar-refractivity contribution in [3.63, 3.8) is 0 Å². The number of alkyl halides is 2. The molecule has 0 aliphatic heterocycles. The molecule has 4 rings (SSSR count). The Balaban J connectivity index is 1.50. The molecular formula is C20H16F2N4O3S. The van der Waals surface area contributed by atoms with Gasteiger partial charge in [-0.1, -0.05) is 12.1 Å². The first-order chi connectivity index (χ1) is 14.4. The van der Waals surface area contributed by atoms with Crippen LogP contribution < -0.4 is 15.7 Å². The number of aromatic nitrogens is 3. The summed E-state index contributed by atoms with van der Waals surface area (Å²) in [5, 5.41) is 3.09. The number of ether oxygens (including phenoxy) is 1. The van der Waals surface area contributed by atoms with Crippen molar-refractivity contribution in [2.24, 2.45) is 0 Å². The van der Waals surface area contributed by atoms with Crippen molar-refractivity contribution in [2.75, 3.05) is 5.32 Å². The van der Waals surface area contributed by atoms with E-state index in [0.717, 1.165) is 4.88 Å². The number of fused-ring (bicyclic) bond motifs is 1. The first-order valence-corrected chi connectivity index (χ1v) is 9.72. The Hall–Kier alpha value is -3.53. The lowest BCUT2D eigenvalue weighted by atomic mass is 10.1. The van der Waals surface area contributed by atoms with Crippen molar-refractivity contribution in [2.45, 2.75) is 20.1 Å². The molecule has 0 saturated carbocycles. The van der Waals surface area contributed by atoms with E-state index < -0.39 is 6.61 Å². The van der Waals surface area contributed by atoms with Gasteiger partial charge in [0.15, 0.2) is 5.13 Å². The lowest BCUT2D eigenvalue weighted by molar-refractivity contribution is -0.116. The molecule has 10 heteroatoms. The molecular weight excluding hydrogens is 414 g/mol. The first-order valence-electron chi connectivity index (χ1n) is 8.91. The minimum absolute atomic E-state index is 0.0549. The number of carbonyl (C=O) groups is 1. The molecule has 0 unspecified atom stereocenters. The number of benzene rings is 2. The summed E-state index contributed by atoms with van der Waals surface area (Å²) in [6, 6.07) is 13.2. The van der Waals surface area contributed by atoms with Gasteiger partial charge in [-0.15, -0.1) is 11.3 Å². The third-order valence-electron chi connectivity index (χ3n) is 4.38. The summed E-state index contributed by atoms with van der Waals surface area (Å²) in [6.45, 7) is -1.20. The number of hydrogen-bond acceptors (Lipinski definition) is 5. The monoisotopic (exact) mass is 430 g/mol. The highest BCUT2D eigenvalue weighted by Gasteiger charge is 2.15. The number of aryl methyl sites for hydroxylation is 1. The van der Waals surface area contributed by atoms with Gasteiger partial charge in [0.25, 0.3) is 0 Å². The van der Waals surface area contributed by atoms with Crippen molar-refractivity contribution in [3.05, 3.63) is 63.9 Å². The molecule has 0 spiro atoms. The molecule has 30 heavy (non-hydrogen) atoms. The van der Waals surface area contributed by atoms with E-state index in [1.807, 2.05) is 6.92 Å². The first kappa shape index (κ1) is 19.8. The van der Waals surface area contributed by atoms with Crippen LogP contribution in [0.25, 0.3) is 22.3 Å². The third kappa shape index (κ3) is 4.08. The maximum absolute atomic E-state index is 12.5. The molecule has 2 N–H and O–H groups in total. The maximum Gasteiger partial charge on any atom is 0.387 e. The third-order valence-corrected chi connectivity index (χ3v) is 5.27. The number of para-hydroxylation sites is 2. The Morgan fingerprint density at radius 1 is 1.23 bits per heavy atom. The summed E-state index contributed by atoms with van der Waals surface area (Å²) < 4.78 is 30.3. The largest absolute Gasteiger partial charge is 0.435 e. The topological polar surface area (TPSA) is 89.0 Å². The van der Waals surface area contributed by atoms with Gasteiger partial charge in [-0.05, 0) is 43.3 Å². The Morgan fingerprint density at radius 2 is 1.97 bits per heavy atom. The summed E-state index contributed by atoms with van der Waals surface area (Å²) in [6.07, 6.45) is 0. The van der Waals surface area contributed by atoms with Gasteiger partial charge < -0.3 is 15.0 Å². The lowest BCUT2D eigenvalue weighted by Crippen LogP contribution is -2.25. The van der Waals surface area contributed by atoms with Crippen molar-refractivity contribution in [1.29, 1.82) is 0 Å². The second kappa shape index (κ2) is 8.07. The van der Waals surface area contributed by atoms with Gasteiger partial charge in [0, 0.05) is 10.4 Å². The number of rotatable bonds is 6. The second-order valence-electron chi connectivity index (χ2n) is 6.41. The zero-order valence-electron chi connectivity index (χ0n) is 15.7. The number of carbonyl (C=O) groups excluding carboxylic acids is 1. The van der Waals surface area contributed by atoms with Crippen LogP contribution in [0.15, 0.2) is 53.3 Å². The number of nitrogens with one attached hydrogen (secondary N) is 2. The van der Waals surface area contributed by atoms with Gasteiger partial charge in [-0.2, -0.15) is 8.78 Å². The molecule has 0 aliphatic rings. The molecule has 0 bridgehead atoms. The van der Waals surface area contributed by atoms with Crippen molar-refractivity contribution in [1.82, 2.24) is 14.5 Å². The van der Waals surface area contributed by atoms with Crippen LogP contribution in [0, 0.1) is 6.92 Å². The van der Waals surface area contributed by atoms with Crippen LogP contribution >= 0.6 is 11.3 Å². The van der Waals surface area contributed by atoms with Crippen LogP contribution in [-0.4, -0.2) is 27.1 Å². The Morgan fingerprint density at radius 3 is 2.70 bits per heavy atom. The van der Waals surface area contributed by atoms with E-state index in [-0.39, 0.29) is 23.9 Å². The van der Waals surface area contributed by atoms with Gasteiger partial charge in [0.1, 0.15) is 12.3 Å². The standard InChI is InChI=1S/C20H16F2N4O3S/c1-11-17(12-6-8-13(9-7-12)29-18(21)22)25-19(30-11)24-16(27)10-26-15-5-3-2-4-14(15)23-20(26)28/h2-9,18H,10H2,1H3,(H,23,28)(H,24,25,27). The predicted octanol–water partition coefficient (Wildman–Crippen LogP) is 4.00. The summed E-state index contributed by atoms with van der Waals surface area (Å²) >= 11 is 1.28. The van der Waals surface area contributed by atoms with E-state index in [2.05, 4.69) is 20.0 Å². The molecule has 0 saturated heterocycles. The van der Waals surface area contributed by atoms with E-state index >= 15 is 0 Å². The molecule has 7 nitrogen and oxygen atoms in total. The van der Waals surface area contributed by atoms with Crippen LogP contribution in [0.2, 0.25) is 0 Å². The normalized spacial score (nSPS) is 11.2. The van der Waals surface area contributed by atoms with Crippen molar-refractivity contribution >= 4 is 33.4 Å². The molecule has 2 aromatic carbocycles. The molecule has 4 aromatic rings. The average Bonchev–Trinajstić information content (AvgIpc) is 3.21. The fourth-order valence-corrected chi connectivity index (χ4v) is 3.93. The highest BCUT2D eigenvalue weighted by molar-refractivity contribution is 7.16. The number of imidazole rings is 1. The number of thiazole rings is 1. The molecule has 2 heterocycles. The smallest absolute Gasteiger partial charge is 0.387 e. The van der Waals surface area contributed by atoms with Gasteiger partial charge in [-0.3, -0.25) is 9.36 Å².